The second kappa shape index (κ2) is 15.6. The van der Waals surface area contributed by atoms with Crippen molar-refractivity contribution in [2.24, 2.45) is 5.92 Å². The first-order valence-corrected chi connectivity index (χ1v) is 13.7. The molecule has 0 aliphatic carbocycles. The van der Waals surface area contributed by atoms with Crippen molar-refractivity contribution in [1.29, 1.82) is 0 Å². The van der Waals surface area contributed by atoms with Gasteiger partial charge in [-0.1, -0.05) is 72.8 Å². The summed E-state index contributed by atoms with van der Waals surface area (Å²) in [5.74, 6) is -1.94. The van der Waals surface area contributed by atoms with Crippen LogP contribution in [-0.4, -0.2) is 65.2 Å². The number of hydrogen-bond acceptors (Lipinski definition) is 7. The third kappa shape index (κ3) is 10.7. The molecule has 0 saturated heterocycles. The average Bonchev–Trinajstić information content (AvgIpc) is 2.95. The van der Waals surface area contributed by atoms with E-state index in [0.717, 1.165) is 11.1 Å². The Balaban J connectivity index is 1.68. The first-order chi connectivity index (χ1) is 19.7. The van der Waals surface area contributed by atoms with Crippen LogP contribution in [0, 0.1) is 5.92 Å². The van der Waals surface area contributed by atoms with E-state index >= 15 is 0 Å². The van der Waals surface area contributed by atoms with Crippen LogP contribution in [0.5, 0.6) is 0 Å². The van der Waals surface area contributed by atoms with Crippen molar-refractivity contribution in [1.82, 2.24) is 15.5 Å². The normalized spacial score (nSPS) is 19.1. The molecule has 2 aromatic carbocycles. The Morgan fingerprint density at radius 1 is 1.02 bits per heavy atom. The number of ether oxygens (including phenoxy) is 2. The Labute approximate surface area is 240 Å². The molecule has 1 heterocycles. The quantitative estimate of drug-likeness (QED) is 0.314. The second-order valence-electron chi connectivity index (χ2n) is 10.6. The topological polar surface area (TPSA) is 134 Å². The summed E-state index contributed by atoms with van der Waals surface area (Å²) in [4.78, 5) is 53.2. The van der Waals surface area contributed by atoms with Gasteiger partial charge in [-0.2, -0.15) is 0 Å². The fourth-order valence-corrected chi connectivity index (χ4v) is 4.28. The van der Waals surface area contributed by atoms with Gasteiger partial charge in [0.15, 0.2) is 0 Å². The molecule has 0 bridgehead atoms. The molecule has 2 aromatic rings. The number of amides is 3. The number of hydrogen-bond donors (Lipinski definition) is 3. The molecule has 0 fully saturated rings. The van der Waals surface area contributed by atoms with Crippen molar-refractivity contribution in [3.05, 3.63) is 83.9 Å². The van der Waals surface area contributed by atoms with Crippen molar-refractivity contribution in [3.63, 3.8) is 0 Å². The summed E-state index contributed by atoms with van der Waals surface area (Å²) >= 11 is 0. The molecule has 3 N–H and O–H groups in total. The average molecular weight is 566 g/mol. The molecule has 0 radical (unpaired) electrons. The zero-order valence-corrected chi connectivity index (χ0v) is 23.6. The number of aliphatic hydroxyl groups excluding tert-OH is 1. The monoisotopic (exact) mass is 565 g/mol. The minimum atomic E-state index is -0.994. The number of nitrogens with one attached hydrogen (secondary N) is 2. The Morgan fingerprint density at radius 3 is 2.32 bits per heavy atom. The lowest BCUT2D eigenvalue weighted by Crippen LogP contribution is -2.51. The molecule has 0 aromatic heterocycles. The molecule has 1 aliphatic heterocycles. The van der Waals surface area contributed by atoms with Gasteiger partial charge in [-0.3, -0.25) is 9.59 Å². The van der Waals surface area contributed by atoms with Gasteiger partial charge >= 0.3 is 12.1 Å². The van der Waals surface area contributed by atoms with Crippen LogP contribution >= 0.6 is 0 Å². The van der Waals surface area contributed by atoms with Crippen LogP contribution in [0.2, 0.25) is 0 Å². The van der Waals surface area contributed by atoms with E-state index in [0.29, 0.717) is 6.54 Å². The molecule has 41 heavy (non-hydrogen) atoms. The molecule has 220 valence electrons. The predicted molar refractivity (Wildman–Crippen MR) is 152 cm³/mol. The summed E-state index contributed by atoms with van der Waals surface area (Å²) in [5.41, 5.74) is 0.800. The van der Waals surface area contributed by atoms with Gasteiger partial charge in [-0.05, 0) is 37.8 Å². The maximum Gasteiger partial charge on any atom is 0.408 e. The fourth-order valence-electron chi connectivity index (χ4n) is 4.28. The summed E-state index contributed by atoms with van der Waals surface area (Å²) in [6.45, 7) is 3.61. The first-order valence-electron chi connectivity index (χ1n) is 13.7. The third-order valence-corrected chi connectivity index (χ3v) is 6.52. The van der Waals surface area contributed by atoms with E-state index in [9.17, 15) is 24.3 Å². The van der Waals surface area contributed by atoms with Gasteiger partial charge < -0.3 is 30.1 Å². The van der Waals surface area contributed by atoms with Crippen LogP contribution in [0.25, 0.3) is 0 Å². The van der Waals surface area contributed by atoms with E-state index in [1.165, 1.54) is 4.90 Å². The smallest absolute Gasteiger partial charge is 0.408 e. The summed E-state index contributed by atoms with van der Waals surface area (Å²) in [5, 5.41) is 15.0. The largest absolute Gasteiger partial charge is 0.462 e. The maximum absolute atomic E-state index is 13.2. The van der Waals surface area contributed by atoms with Crippen molar-refractivity contribution in [3.8, 4) is 0 Å². The summed E-state index contributed by atoms with van der Waals surface area (Å²) < 4.78 is 10.7. The molecule has 10 nitrogen and oxygen atoms in total. The zero-order valence-electron chi connectivity index (χ0n) is 23.6. The van der Waals surface area contributed by atoms with Gasteiger partial charge in [-0.15, -0.1) is 0 Å². The van der Waals surface area contributed by atoms with Gasteiger partial charge in [0.2, 0.25) is 11.8 Å². The number of benzene rings is 2. The number of cyclic esters (lactones) is 1. The Bertz CT molecular complexity index is 1180. The van der Waals surface area contributed by atoms with E-state index in [4.69, 9.17) is 9.47 Å². The van der Waals surface area contributed by atoms with E-state index in [2.05, 4.69) is 10.6 Å². The standard InChI is InChI=1S/C31H39N3O7/c1-31(2)22-41-29(38)26(32-30(39)40-21-24-13-7-4-8-14-24)16-10-9-15-25(28(37)33-31)19-27(36)34(17-18-35)20-23-11-5-3-6-12-23/h3-14,25-26,35H,15-22H2,1-2H3,(H,32,39)(H,33,37)/t25-,26-/m1/s1. The lowest BCUT2D eigenvalue weighted by atomic mass is 9.96. The van der Waals surface area contributed by atoms with Crippen LogP contribution in [0.1, 0.15) is 44.2 Å². The maximum atomic E-state index is 13.2. The predicted octanol–water partition coefficient (Wildman–Crippen LogP) is 3.10. The van der Waals surface area contributed by atoms with Gasteiger partial charge in [0.05, 0.1) is 18.1 Å². The summed E-state index contributed by atoms with van der Waals surface area (Å²) in [6.07, 6.45) is 2.94. The van der Waals surface area contributed by atoms with Gasteiger partial charge in [0.1, 0.15) is 19.3 Å². The molecule has 1 aliphatic rings. The number of nitrogens with zero attached hydrogens (tertiary/aromatic N) is 1. The number of esters is 1. The van der Waals surface area contributed by atoms with Gasteiger partial charge in [0, 0.05) is 19.5 Å². The zero-order chi connectivity index (χ0) is 29.7. The van der Waals surface area contributed by atoms with E-state index in [-0.39, 0.29) is 57.4 Å². The van der Waals surface area contributed by atoms with Gasteiger partial charge in [0.25, 0.3) is 0 Å². The van der Waals surface area contributed by atoms with E-state index in [1.54, 1.807) is 26.0 Å². The molecule has 3 amide bonds. The lowest BCUT2D eigenvalue weighted by Gasteiger charge is -2.30. The molecule has 2 atom stereocenters. The van der Waals surface area contributed by atoms with Crippen LogP contribution in [-0.2, 0) is 37.0 Å². The van der Waals surface area contributed by atoms with Crippen LogP contribution < -0.4 is 10.6 Å². The number of aliphatic hydroxyl groups is 1. The van der Waals surface area contributed by atoms with Crippen molar-refractivity contribution in [2.75, 3.05) is 19.8 Å². The van der Waals surface area contributed by atoms with E-state index in [1.807, 2.05) is 60.7 Å². The van der Waals surface area contributed by atoms with E-state index < -0.39 is 29.6 Å². The molecule has 0 unspecified atom stereocenters. The number of carbonyl (C=O) groups is 4. The highest BCUT2D eigenvalue weighted by Crippen LogP contribution is 2.18. The highest BCUT2D eigenvalue weighted by atomic mass is 16.6. The minimum Gasteiger partial charge on any atom is -0.462 e. The Morgan fingerprint density at radius 2 is 1.66 bits per heavy atom. The third-order valence-electron chi connectivity index (χ3n) is 6.52. The number of alkyl carbamates (subject to hydrolysis) is 1. The van der Waals surface area contributed by atoms with Crippen molar-refractivity contribution in [2.45, 2.75) is 57.8 Å². The lowest BCUT2D eigenvalue weighted by molar-refractivity contribution is -0.149. The second-order valence-corrected chi connectivity index (χ2v) is 10.6. The molecule has 3 rings (SSSR count). The van der Waals surface area contributed by atoms with Crippen LogP contribution in [0.3, 0.4) is 0 Å². The number of carbonyl (C=O) groups excluding carboxylic acids is 4. The molecular formula is C31H39N3O7. The first kappa shape index (κ1) is 31.3. The minimum absolute atomic E-state index is 0.0522. The van der Waals surface area contributed by atoms with Crippen LogP contribution in [0.4, 0.5) is 4.79 Å². The SMILES string of the molecule is CC1(C)COC(=O)[C@H](NC(=O)OCc2ccccc2)CC=CC[C@H](CC(=O)N(CCO)Cc2ccccc2)C(=O)N1. The van der Waals surface area contributed by atoms with Crippen molar-refractivity contribution < 1.29 is 33.8 Å². The summed E-state index contributed by atoms with van der Waals surface area (Å²) in [6, 6.07) is 17.6. The van der Waals surface area contributed by atoms with Gasteiger partial charge in [-0.25, -0.2) is 9.59 Å². The molecular weight excluding hydrogens is 526 g/mol. The highest BCUT2D eigenvalue weighted by molar-refractivity contribution is 5.86. The highest BCUT2D eigenvalue weighted by Gasteiger charge is 2.31. The van der Waals surface area contributed by atoms with Crippen molar-refractivity contribution >= 4 is 23.9 Å². The molecule has 10 heteroatoms. The Kier molecular flexibility index (Phi) is 11.9. The molecule has 0 saturated carbocycles. The fraction of sp³-hybridized carbons (Fsp3) is 0.419. The van der Waals surface area contributed by atoms with Crippen LogP contribution in [0.15, 0.2) is 72.8 Å². The molecule has 0 spiro atoms. The number of rotatable bonds is 9. The Hall–Kier alpha value is -4.18. The number of allylic oxidation sites excluding steroid dienone is 1. The summed E-state index contributed by atoms with van der Waals surface area (Å²) in [7, 11) is 0.